The van der Waals surface area contributed by atoms with Crippen molar-refractivity contribution in [3.8, 4) is 0 Å². The molecule has 0 radical (unpaired) electrons. The molecule has 0 saturated carbocycles. The van der Waals surface area contributed by atoms with E-state index in [2.05, 4.69) is 71.3 Å². The molecular weight excluding hydrogens is 288 g/mol. The van der Waals surface area contributed by atoms with Crippen molar-refractivity contribution in [1.29, 1.82) is 0 Å². The Hall–Kier alpha value is -0.380. The fourth-order valence-corrected chi connectivity index (χ4v) is 3.01. The Labute approximate surface area is 119 Å². The number of nitrogens with one attached hydrogen (secondary N) is 1. The first-order valence-corrected chi connectivity index (χ1v) is 7.61. The summed E-state index contributed by atoms with van der Waals surface area (Å²) in [5.74, 6) is 0. The summed E-state index contributed by atoms with van der Waals surface area (Å²) in [6, 6.07) is 10.5. The van der Waals surface area contributed by atoms with E-state index in [1.54, 1.807) is 0 Å². The van der Waals surface area contributed by atoms with Crippen LogP contribution in [0.25, 0.3) is 0 Å². The maximum absolute atomic E-state index is 3.81. The number of rotatable bonds is 4. The van der Waals surface area contributed by atoms with Crippen molar-refractivity contribution in [2.75, 3.05) is 13.6 Å². The van der Waals surface area contributed by atoms with Crippen LogP contribution in [-0.4, -0.2) is 30.6 Å². The molecule has 2 rings (SSSR count). The summed E-state index contributed by atoms with van der Waals surface area (Å²) in [5.41, 5.74) is 1.39. The van der Waals surface area contributed by atoms with E-state index < -0.39 is 0 Å². The van der Waals surface area contributed by atoms with E-state index in [0.717, 1.165) is 17.4 Å². The fraction of sp³-hybridized carbons (Fsp3) is 0.600. The van der Waals surface area contributed by atoms with Crippen molar-refractivity contribution in [3.05, 3.63) is 34.3 Å². The predicted octanol–water partition coefficient (Wildman–Crippen LogP) is 3.58. The molecule has 0 bridgehead atoms. The number of halogens is 1. The van der Waals surface area contributed by atoms with Crippen molar-refractivity contribution in [2.45, 2.75) is 44.8 Å². The van der Waals surface area contributed by atoms with Gasteiger partial charge in [0.1, 0.15) is 0 Å². The highest BCUT2D eigenvalue weighted by Crippen LogP contribution is 2.23. The van der Waals surface area contributed by atoms with Gasteiger partial charge >= 0.3 is 0 Å². The number of nitrogens with zero attached hydrogens (tertiary/aromatic N) is 1. The second-order valence-corrected chi connectivity index (χ2v) is 6.32. The SMILES string of the molecule is CCC(NC1CC(C)N(C)C1)c1ccc(Br)cc1. The van der Waals surface area contributed by atoms with Gasteiger partial charge in [0.2, 0.25) is 0 Å². The average molecular weight is 311 g/mol. The smallest absolute Gasteiger partial charge is 0.0320 e. The molecule has 0 aliphatic carbocycles. The summed E-state index contributed by atoms with van der Waals surface area (Å²) in [6.07, 6.45) is 2.39. The Balaban J connectivity index is 1.99. The molecule has 1 aromatic carbocycles. The van der Waals surface area contributed by atoms with Crippen LogP contribution < -0.4 is 5.32 Å². The summed E-state index contributed by atoms with van der Waals surface area (Å²) in [6.45, 7) is 5.72. The molecule has 1 aliphatic rings. The van der Waals surface area contributed by atoms with Crippen molar-refractivity contribution >= 4 is 15.9 Å². The summed E-state index contributed by atoms with van der Waals surface area (Å²) in [7, 11) is 2.22. The maximum atomic E-state index is 3.81. The first-order valence-electron chi connectivity index (χ1n) is 6.82. The van der Waals surface area contributed by atoms with Crippen LogP contribution >= 0.6 is 15.9 Å². The Morgan fingerprint density at radius 1 is 1.39 bits per heavy atom. The van der Waals surface area contributed by atoms with Gasteiger partial charge in [-0.15, -0.1) is 0 Å². The molecule has 0 amide bonds. The lowest BCUT2D eigenvalue weighted by Gasteiger charge is -2.22. The van der Waals surface area contributed by atoms with E-state index in [1.165, 1.54) is 12.0 Å². The van der Waals surface area contributed by atoms with Crippen LogP contribution in [-0.2, 0) is 0 Å². The van der Waals surface area contributed by atoms with Crippen LogP contribution in [0.3, 0.4) is 0 Å². The quantitative estimate of drug-likeness (QED) is 0.914. The van der Waals surface area contributed by atoms with E-state index in [0.29, 0.717) is 18.1 Å². The third-order valence-corrected chi connectivity index (χ3v) is 4.53. The topological polar surface area (TPSA) is 15.3 Å². The van der Waals surface area contributed by atoms with Crippen molar-refractivity contribution in [3.63, 3.8) is 0 Å². The van der Waals surface area contributed by atoms with E-state index in [1.807, 2.05) is 0 Å². The standard InChI is InChI=1S/C15H23BrN2/c1-4-15(12-5-7-13(16)8-6-12)17-14-9-11(2)18(3)10-14/h5-8,11,14-15,17H,4,9-10H2,1-3H3. The summed E-state index contributed by atoms with van der Waals surface area (Å²) in [4.78, 5) is 2.44. The maximum Gasteiger partial charge on any atom is 0.0320 e. The Bertz CT molecular complexity index is 367. The first kappa shape index (κ1) is 14.0. The summed E-state index contributed by atoms with van der Waals surface area (Å²) in [5, 5.41) is 3.81. The lowest BCUT2D eigenvalue weighted by Crippen LogP contribution is -2.34. The number of hydrogen-bond acceptors (Lipinski definition) is 2. The van der Waals surface area contributed by atoms with Gasteiger partial charge < -0.3 is 10.2 Å². The summed E-state index contributed by atoms with van der Waals surface area (Å²) < 4.78 is 1.15. The van der Waals surface area contributed by atoms with Crippen LogP contribution in [0.4, 0.5) is 0 Å². The van der Waals surface area contributed by atoms with Crippen LogP contribution in [0.15, 0.2) is 28.7 Å². The normalized spacial score (nSPS) is 26.4. The molecule has 3 atom stereocenters. The van der Waals surface area contributed by atoms with Crippen LogP contribution in [0.1, 0.15) is 38.3 Å². The molecule has 3 unspecified atom stereocenters. The van der Waals surface area contributed by atoms with Gasteiger partial charge in [-0.3, -0.25) is 0 Å². The van der Waals surface area contributed by atoms with Crippen LogP contribution in [0.2, 0.25) is 0 Å². The zero-order valence-corrected chi connectivity index (χ0v) is 13.1. The van der Waals surface area contributed by atoms with E-state index >= 15 is 0 Å². The molecule has 1 aliphatic heterocycles. The van der Waals surface area contributed by atoms with E-state index in [9.17, 15) is 0 Å². The van der Waals surface area contributed by atoms with Gasteiger partial charge in [0, 0.05) is 29.1 Å². The Morgan fingerprint density at radius 2 is 2.06 bits per heavy atom. The summed E-state index contributed by atoms with van der Waals surface area (Å²) >= 11 is 3.49. The first-order chi connectivity index (χ1) is 8.60. The molecule has 100 valence electrons. The van der Waals surface area contributed by atoms with Gasteiger partial charge in [0.05, 0.1) is 0 Å². The average Bonchev–Trinajstić information content (AvgIpc) is 2.67. The van der Waals surface area contributed by atoms with Crippen LogP contribution in [0, 0.1) is 0 Å². The molecule has 1 heterocycles. The van der Waals surface area contributed by atoms with E-state index in [4.69, 9.17) is 0 Å². The molecule has 1 aromatic rings. The zero-order valence-electron chi connectivity index (χ0n) is 11.5. The number of hydrogen-bond donors (Lipinski definition) is 1. The number of likely N-dealkylation sites (N-methyl/N-ethyl adjacent to an activating group) is 1. The minimum Gasteiger partial charge on any atom is -0.306 e. The highest BCUT2D eigenvalue weighted by atomic mass is 79.9. The second kappa shape index (κ2) is 6.18. The van der Waals surface area contributed by atoms with Crippen molar-refractivity contribution < 1.29 is 0 Å². The second-order valence-electron chi connectivity index (χ2n) is 5.40. The molecular formula is C15H23BrN2. The lowest BCUT2D eigenvalue weighted by molar-refractivity contribution is 0.324. The molecule has 1 fully saturated rings. The molecule has 18 heavy (non-hydrogen) atoms. The lowest BCUT2D eigenvalue weighted by atomic mass is 10.0. The fourth-order valence-electron chi connectivity index (χ4n) is 2.74. The minimum absolute atomic E-state index is 0.474. The number of likely N-dealkylation sites (tertiary alicyclic amines) is 1. The largest absolute Gasteiger partial charge is 0.306 e. The molecule has 1 saturated heterocycles. The zero-order chi connectivity index (χ0) is 13.1. The Morgan fingerprint density at radius 3 is 2.56 bits per heavy atom. The van der Waals surface area contributed by atoms with E-state index in [-0.39, 0.29) is 0 Å². The number of benzene rings is 1. The van der Waals surface area contributed by atoms with Gasteiger partial charge in [-0.2, -0.15) is 0 Å². The molecule has 0 spiro atoms. The van der Waals surface area contributed by atoms with Gasteiger partial charge in [-0.1, -0.05) is 35.0 Å². The molecule has 2 nitrogen and oxygen atoms in total. The van der Waals surface area contributed by atoms with Gasteiger partial charge in [-0.25, -0.2) is 0 Å². The van der Waals surface area contributed by atoms with Gasteiger partial charge in [0.25, 0.3) is 0 Å². The third kappa shape index (κ3) is 3.34. The van der Waals surface area contributed by atoms with Crippen LogP contribution in [0.5, 0.6) is 0 Å². The molecule has 1 N–H and O–H groups in total. The highest BCUT2D eigenvalue weighted by molar-refractivity contribution is 9.10. The minimum atomic E-state index is 0.474. The Kier molecular flexibility index (Phi) is 4.82. The van der Waals surface area contributed by atoms with Gasteiger partial charge in [0.15, 0.2) is 0 Å². The van der Waals surface area contributed by atoms with Crippen molar-refractivity contribution in [1.82, 2.24) is 10.2 Å². The van der Waals surface area contributed by atoms with Crippen molar-refractivity contribution in [2.24, 2.45) is 0 Å². The highest BCUT2D eigenvalue weighted by Gasteiger charge is 2.27. The molecule has 0 aromatic heterocycles. The van der Waals surface area contributed by atoms with Gasteiger partial charge in [-0.05, 0) is 44.5 Å². The predicted molar refractivity (Wildman–Crippen MR) is 80.8 cm³/mol. The third-order valence-electron chi connectivity index (χ3n) is 4.00. The molecule has 3 heteroatoms. The monoisotopic (exact) mass is 310 g/mol.